The van der Waals surface area contributed by atoms with E-state index in [4.69, 9.17) is 0 Å². The van der Waals surface area contributed by atoms with Crippen LogP contribution in [0.2, 0.25) is 0 Å². The van der Waals surface area contributed by atoms with Gasteiger partial charge in [-0.1, -0.05) is 0 Å². The lowest BCUT2D eigenvalue weighted by atomic mass is 9.97. The predicted octanol–water partition coefficient (Wildman–Crippen LogP) is 2.63. The van der Waals surface area contributed by atoms with Crippen LogP contribution in [-0.2, 0) is 11.2 Å². The fourth-order valence-electron chi connectivity index (χ4n) is 2.94. The van der Waals surface area contributed by atoms with Crippen LogP contribution >= 0.6 is 0 Å². The molecule has 5 nitrogen and oxygen atoms in total. The highest BCUT2D eigenvalue weighted by molar-refractivity contribution is 5.73. The van der Waals surface area contributed by atoms with Gasteiger partial charge in [0.25, 0.3) is 0 Å². The van der Waals surface area contributed by atoms with Crippen LogP contribution in [-0.4, -0.2) is 39.4 Å². The Labute approximate surface area is 127 Å². The van der Waals surface area contributed by atoms with E-state index in [-0.39, 0.29) is 5.91 Å². The molecule has 1 N–H and O–H groups in total. The Morgan fingerprint density at radius 2 is 2.24 bits per heavy atom. The molecule has 1 amide bonds. The lowest BCUT2D eigenvalue weighted by Crippen LogP contribution is -2.42. The average molecular weight is 290 g/mol. The second-order valence-corrected chi connectivity index (χ2v) is 6.09. The van der Waals surface area contributed by atoms with Crippen LogP contribution in [0.5, 0.6) is 0 Å². The molecule has 1 atom stereocenters. The van der Waals surface area contributed by atoms with Gasteiger partial charge in [0.15, 0.2) is 0 Å². The van der Waals surface area contributed by atoms with Gasteiger partial charge in [0, 0.05) is 37.3 Å². The van der Waals surface area contributed by atoms with Gasteiger partial charge in [-0.15, -0.1) is 0 Å². The topological polar surface area (TPSA) is 58.1 Å². The summed E-state index contributed by atoms with van der Waals surface area (Å²) in [7, 11) is 0. The van der Waals surface area contributed by atoms with E-state index in [2.05, 4.69) is 29.1 Å². The van der Waals surface area contributed by atoms with Gasteiger partial charge in [-0.2, -0.15) is 0 Å². The number of aryl methyl sites for hydroxylation is 1. The molecule has 5 heteroatoms. The molecule has 0 aliphatic carbocycles. The number of anilines is 1. The lowest BCUT2D eigenvalue weighted by molar-refractivity contribution is -0.132. The van der Waals surface area contributed by atoms with E-state index in [1.807, 2.05) is 11.0 Å². The van der Waals surface area contributed by atoms with Crippen molar-refractivity contribution in [3.63, 3.8) is 0 Å². The maximum absolute atomic E-state index is 11.7. The summed E-state index contributed by atoms with van der Waals surface area (Å²) in [5, 5.41) is 3.29. The smallest absolute Gasteiger partial charge is 0.219 e. The first-order valence-electron chi connectivity index (χ1n) is 7.91. The highest BCUT2D eigenvalue weighted by atomic mass is 16.2. The second kappa shape index (κ2) is 7.38. The van der Waals surface area contributed by atoms with Gasteiger partial charge >= 0.3 is 0 Å². The van der Waals surface area contributed by atoms with Crippen molar-refractivity contribution in [2.45, 2.75) is 65.0 Å². The zero-order chi connectivity index (χ0) is 15.2. The summed E-state index contributed by atoms with van der Waals surface area (Å²) in [4.78, 5) is 22.3. The van der Waals surface area contributed by atoms with E-state index in [0.717, 1.165) is 43.7 Å². The molecule has 0 bridgehead atoms. The number of likely N-dealkylation sites (tertiary alicyclic amines) is 1. The molecule has 116 valence electrons. The molecule has 21 heavy (non-hydrogen) atoms. The first kappa shape index (κ1) is 15.7. The van der Waals surface area contributed by atoms with Crippen LogP contribution in [0.15, 0.2) is 12.4 Å². The monoisotopic (exact) mass is 290 g/mol. The number of rotatable bonds is 5. The van der Waals surface area contributed by atoms with Crippen molar-refractivity contribution in [2.24, 2.45) is 0 Å². The van der Waals surface area contributed by atoms with Crippen molar-refractivity contribution in [1.29, 1.82) is 0 Å². The summed E-state index contributed by atoms with van der Waals surface area (Å²) in [5.74, 6) is 1.08. The van der Waals surface area contributed by atoms with Crippen molar-refractivity contribution >= 4 is 11.7 Å². The Balaban J connectivity index is 1.93. The van der Waals surface area contributed by atoms with Gasteiger partial charge < -0.3 is 10.2 Å². The van der Waals surface area contributed by atoms with E-state index in [0.29, 0.717) is 12.1 Å². The van der Waals surface area contributed by atoms with Gasteiger partial charge in [-0.05, 0) is 46.0 Å². The summed E-state index contributed by atoms with van der Waals surface area (Å²) in [6.07, 6.45) is 6.96. The maximum atomic E-state index is 11.7. The van der Waals surface area contributed by atoms with Crippen LogP contribution in [0.4, 0.5) is 5.82 Å². The van der Waals surface area contributed by atoms with Crippen molar-refractivity contribution < 1.29 is 4.79 Å². The number of aromatic nitrogens is 2. The van der Waals surface area contributed by atoms with Crippen molar-refractivity contribution in [3.8, 4) is 0 Å². The molecular formula is C16H26N4O. The van der Waals surface area contributed by atoms with Crippen LogP contribution in [0.25, 0.3) is 0 Å². The van der Waals surface area contributed by atoms with Gasteiger partial charge in [0.05, 0.1) is 0 Å². The fourth-order valence-corrected chi connectivity index (χ4v) is 2.94. The SMILES string of the molecule is CC(=O)N1CCCCC1CCc1cc(NC(C)C)ncn1. The molecule has 2 rings (SSSR count). The first-order valence-corrected chi connectivity index (χ1v) is 7.91. The first-order chi connectivity index (χ1) is 10.1. The van der Waals surface area contributed by atoms with Gasteiger partial charge in [-0.3, -0.25) is 4.79 Å². The fraction of sp³-hybridized carbons (Fsp3) is 0.688. The quantitative estimate of drug-likeness (QED) is 0.905. The Hall–Kier alpha value is -1.65. The Morgan fingerprint density at radius 1 is 1.43 bits per heavy atom. The molecule has 1 aliphatic heterocycles. The standard InChI is InChI=1S/C16H26N4O/c1-12(2)19-16-10-14(17-11-18-16)7-8-15-6-4-5-9-20(15)13(3)21/h10-12,15H,4-9H2,1-3H3,(H,17,18,19). The van der Waals surface area contributed by atoms with E-state index >= 15 is 0 Å². The summed E-state index contributed by atoms with van der Waals surface area (Å²) in [5.41, 5.74) is 1.04. The van der Waals surface area contributed by atoms with Crippen molar-refractivity contribution in [1.82, 2.24) is 14.9 Å². The minimum absolute atomic E-state index is 0.199. The van der Waals surface area contributed by atoms with Gasteiger partial charge in [-0.25, -0.2) is 9.97 Å². The molecule has 1 saturated heterocycles. The van der Waals surface area contributed by atoms with Gasteiger partial charge in [0.2, 0.25) is 5.91 Å². The van der Waals surface area contributed by atoms with E-state index in [1.54, 1.807) is 13.3 Å². The summed E-state index contributed by atoms with van der Waals surface area (Å²) in [6, 6.07) is 2.74. The number of carbonyl (C=O) groups excluding carboxylic acids is 1. The normalized spacial score (nSPS) is 18.9. The second-order valence-electron chi connectivity index (χ2n) is 6.09. The Kier molecular flexibility index (Phi) is 5.53. The molecular weight excluding hydrogens is 264 g/mol. The number of carbonyl (C=O) groups is 1. The molecule has 0 spiro atoms. The molecule has 2 heterocycles. The zero-order valence-electron chi connectivity index (χ0n) is 13.3. The lowest BCUT2D eigenvalue weighted by Gasteiger charge is -2.35. The third kappa shape index (κ3) is 4.69. The third-order valence-electron chi connectivity index (χ3n) is 3.93. The molecule has 1 aliphatic rings. The minimum Gasteiger partial charge on any atom is -0.368 e. The van der Waals surface area contributed by atoms with Crippen molar-refractivity contribution in [2.75, 3.05) is 11.9 Å². The number of nitrogens with zero attached hydrogens (tertiary/aromatic N) is 3. The Bertz CT molecular complexity index is 475. The number of amides is 1. The molecule has 0 aromatic carbocycles. The molecule has 1 aromatic rings. The number of hydrogen-bond donors (Lipinski definition) is 1. The van der Waals surface area contributed by atoms with Crippen LogP contribution < -0.4 is 5.32 Å². The van der Waals surface area contributed by atoms with Crippen LogP contribution in [0.1, 0.15) is 52.1 Å². The highest BCUT2D eigenvalue weighted by Gasteiger charge is 2.24. The summed E-state index contributed by atoms with van der Waals surface area (Å²) in [6.45, 7) is 6.76. The molecule has 0 saturated carbocycles. The largest absolute Gasteiger partial charge is 0.368 e. The van der Waals surface area contributed by atoms with Crippen LogP contribution in [0.3, 0.4) is 0 Å². The zero-order valence-corrected chi connectivity index (χ0v) is 13.3. The molecule has 0 radical (unpaired) electrons. The summed E-state index contributed by atoms with van der Waals surface area (Å²) >= 11 is 0. The Morgan fingerprint density at radius 3 is 2.95 bits per heavy atom. The summed E-state index contributed by atoms with van der Waals surface area (Å²) < 4.78 is 0. The number of nitrogens with one attached hydrogen (secondary N) is 1. The minimum atomic E-state index is 0.199. The molecule has 1 unspecified atom stereocenters. The van der Waals surface area contributed by atoms with E-state index in [1.165, 1.54) is 6.42 Å². The third-order valence-corrected chi connectivity index (χ3v) is 3.93. The van der Waals surface area contributed by atoms with Gasteiger partial charge in [0.1, 0.15) is 12.1 Å². The van der Waals surface area contributed by atoms with E-state index in [9.17, 15) is 4.79 Å². The average Bonchev–Trinajstić information content (AvgIpc) is 2.45. The van der Waals surface area contributed by atoms with E-state index < -0.39 is 0 Å². The predicted molar refractivity (Wildman–Crippen MR) is 84.1 cm³/mol. The molecule has 1 aromatic heterocycles. The molecule has 1 fully saturated rings. The number of hydrogen-bond acceptors (Lipinski definition) is 4. The number of piperidine rings is 1. The van der Waals surface area contributed by atoms with Crippen LogP contribution in [0, 0.1) is 0 Å². The maximum Gasteiger partial charge on any atom is 0.219 e. The van der Waals surface area contributed by atoms with Crippen molar-refractivity contribution in [3.05, 3.63) is 18.1 Å². The highest BCUT2D eigenvalue weighted by Crippen LogP contribution is 2.21.